The van der Waals surface area contributed by atoms with Crippen LogP contribution in [-0.4, -0.2) is 44.6 Å². The number of fused-ring (bicyclic) bond motifs is 1. The summed E-state index contributed by atoms with van der Waals surface area (Å²) in [6.45, 7) is 2.26. The molecule has 5 rings (SSSR count). The van der Waals surface area contributed by atoms with Crippen LogP contribution in [0.25, 0.3) is 0 Å². The molecule has 7 nitrogen and oxygen atoms in total. The fourth-order valence-electron chi connectivity index (χ4n) is 4.36. The molecule has 4 heterocycles. The lowest BCUT2D eigenvalue weighted by Crippen LogP contribution is -2.48. The minimum Gasteiger partial charge on any atom is -0.342 e. The first-order valence-electron chi connectivity index (χ1n) is 9.17. The standard InChI is InChI=1S/C18H21N5O2S/c24-16(13-2-1-9-26-13)21-14-15-19-11-20-23(15)8-6-18(14)5-7-22(10-18)17(25)12-3-4-12/h1-2,9,11-12,14H,3-8,10H2,(H,21,24). The van der Waals surface area contributed by atoms with Crippen LogP contribution >= 0.6 is 11.3 Å². The number of aromatic nitrogens is 3. The van der Waals surface area contributed by atoms with Gasteiger partial charge in [-0.3, -0.25) is 9.59 Å². The van der Waals surface area contributed by atoms with Crippen molar-refractivity contribution >= 4 is 23.2 Å². The maximum absolute atomic E-state index is 12.7. The fraction of sp³-hybridized carbons (Fsp3) is 0.556. The van der Waals surface area contributed by atoms with E-state index >= 15 is 0 Å². The van der Waals surface area contributed by atoms with Crippen LogP contribution in [-0.2, 0) is 11.3 Å². The van der Waals surface area contributed by atoms with Crippen LogP contribution in [0.4, 0.5) is 0 Å². The lowest BCUT2D eigenvalue weighted by Gasteiger charge is -2.40. The van der Waals surface area contributed by atoms with Crippen LogP contribution in [0.2, 0.25) is 0 Å². The Balaban J connectivity index is 1.44. The first-order valence-corrected chi connectivity index (χ1v) is 10.1. The molecule has 2 aromatic rings. The normalized spacial score (nSPS) is 27.5. The summed E-state index contributed by atoms with van der Waals surface area (Å²) >= 11 is 1.43. The number of hydrogen-bond acceptors (Lipinski definition) is 5. The van der Waals surface area contributed by atoms with Crippen molar-refractivity contribution in [1.29, 1.82) is 0 Å². The van der Waals surface area contributed by atoms with E-state index in [1.807, 2.05) is 27.1 Å². The topological polar surface area (TPSA) is 80.1 Å². The number of rotatable bonds is 3. The molecule has 0 aromatic carbocycles. The highest BCUT2D eigenvalue weighted by atomic mass is 32.1. The van der Waals surface area contributed by atoms with Crippen molar-refractivity contribution in [2.45, 2.75) is 38.3 Å². The molecule has 26 heavy (non-hydrogen) atoms. The van der Waals surface area contributed by atoms with E-state index in [4.69, 9.17) is 0 Å². The Kier molecular flexibility index (Phi) is 3.63. The van der Waals surface area contributed by atoms with Crippen molar-refractivity contribution in [3.8, 4) is 0 Å². The summed E-state index contributed by atoms with van der Waals surface area (Å²) in [5.41, 5.74) is -0.152. The number of nitrogens with one attached hydrogen (secondary N) is 1. The zero-order chi connectivity index (χ0) is 17.7. The Morgan fingerprint density at radius 2 is 2.12 bits per heavy atom. The largest absolute Gasteiger partial charge is 0.342 e. The molecule has 1 saturated carbocycles. The first-order chi connectivity index (χ1) is 12.7. The van der Waals surface area contributed by atoms with Crippen molar-refractivity contribution in [2.75, 3.05) is 13.1 Å². The molecule has 3 aliphatic rings. The van der Waals surface area contributed by atoms with Crippen LogP contribution in [0.15, 0.2) is 23.8 Å². The van der Waals surface area contributed by atoms with Crippen molar-refractivity contribution in [3.63, 3.8) is 0 Å². The average Bonchev–Trinajstić information content (AvgIpc) is 3.08. The number of aryl methyl sites for hydroxylation is 1. The van der Waals surface area contributed by atoms with Gasteiger partial charge in [-0.2, -0.15) is 5.10 Å². The van der Waals surface area contributed by atoms with Crippen LogP contribution in [0.3, 0.4) is 0 Å². The van der Waals surface area contributed by atoms with Crippen molar-refractivity contribution in [2.24, 2.45) is 11.3 Å². The van der Waals surface area contributed by atoms with Gasteiger partial charge in [-0.1, -0.05) is 6.07 Å². The summed E-state index contributed by atoms with van der Waals surface area (Å²) in [5.74, 6) is 1.25. The molecular formula is C18H21N5O2S. The van der Waals surface area contributed by atoms with E-state index in [1.165, 1.54) is 11.3 Å². The highest BCUT2D eigenvalue weighted by Crippen LogP contribution is 2.48. The summed E-state index contributed by atoms with van der Waals surface area (Å²) in [6, 6.07) is 3.49. The quantitative estimate of drug-likeness (QED) is 0.893. The molecule has 136 valence electrons. The summed E-state index contributed by atoms with van der Waals surface area (Å²) in [6.07, 6.45) is 5.39. The van der Waals surface area contributed by atoms with Crippen LogP contribution in [0.1, 0.15) is 47.2 Å². The number of carbonyl (C=O) groups is 2. The van der Waals surface area contributed by atoms with Gasteiger partial charge >= 0.3 is 0 Å². The second-order valence-electron chi connectivity index (χ2n) is 7.62. The molecule has 0 bridgehead atoms. The Hall–Kier alpha value is -2.22. The van der Waals surface area contributed by atoms with E-state index < -0.39 is 0 Å². The molecular weight excluding hydrogens is 350 g/mol. The van der Waals surface area contributed by atoms with Crippen molar-refractivity contribution in [1.82, 2.24) is 25.0 Å². The van der Waals surface area contributed by atoms with E-state index in [1.54, 1.807) is 6.33 Å². The van der Waals surface area contributed by atoms with Gasteiger partial charge in [0.25, 0.3) is 5.91 Å². The summed E-state index contributed by atoms with van der Waals surface area (Å²) in [5, 5.41) is 9.41. The van der Waals surface area contributed by atoms with E-state index in [0.717, 1.165) is 44.6 Å². The van der Waals surface area contributed by atoms with Gasteiger partial charge in [0.2, 0.25) is 5.91 Å². The van der Waals surface area contributed by atoms with E-state index in [2.05, 4.69) is 15.4 Å². The molecule has 2 atom stereocenters. The zero-order valence-corrected chi connectivity index (χ0v) is 15.2. The Morgan fingerprint density at radius 3 is 2.88 bits per heavy atom. The van der Waals surface area contributed by atoms with Gasteiger partial charge in [0.1, 0.15) is 12.2 Å². The van der Waals surface area contributed by atoms with Gasteiger partial charge in [0.15, 0.2) is 0 Å². The number of amides is 2. The predicted molar refractivity (Wildman–Crippen MR) is 95.5 cm³/mol. The second-order valence-corrected chi connectivity index (χ2v) is 8.57. The SMILES string of the molecule is O=C(NC1c2ncnn2CCC12CCN(C(=O)C1CC1)C2)c1cccs1. The lowest BCUT2D eigenvalue weighted by molar-refractivity contribution is -0.132. The first kappa shape index (κ1) is 16.0. The number of thiophene rings is 1. The molecule has 8 heteroatoms. The Morgan fingerprint density at radius 1 is 1.27 bits per heavy atom. The minimum absolute atomic E-state index is 0.0761. The van der Waals surface area contributed by atoms with Gasteiger partial charge in [-0.25, -0.2) is 9.67 Å². The second kappa shape index (κ2) is 5.90. The summed E-state index contributed by atoms with van der Waals surface area (Å²) in [4.78, 5) is 32.4. The smallest absolute Gasteiger partial charge is 0.261 e. The summed E-state index contributed by atoms with van der Waals surface area (Å²) < 4.78 is 1.88. The zero-order valence-electron chi connectivity index (χ0n) is 14.4. The number of carbonyl (C=O) groups excluding carboxylic acids is 2. The van der Waals surface area contributed by atoms with E-state index in [9.17, 15) is 9.59 Å². The van der Waals surface area contributed by atoms with Gasteiger partial charge in [-0.05, 0) is 37.1 Å². The lowest BCUT2D eigenvalue weighted by atomic mass is 9.74. The number of hydrogen-bond donors (Lipinski definition) is 1. The number of nitrogens with zero attached hydrogens (tertiary/aromatic N) is 4. The highest BCUT2D eigenvalue weighted by Gasteiger charge is 2.51. The van der Waals surface area contributed by atoms with Gasteiger partial charge in [0, 0.05) is 31.0 Å². The molecule has 1 spiro atoms. The van der Waals surface area contributed by atoms with E-state index in [-0.39, 0.29) is 29.2 Å². The maximum atomic E-state index is 12.7. The van der Waals surface area contributed by atoms with Crippen molar-refractivity contribution < 1.29 is 9.59 Å². The van der Waals surface area contributed by atoms with Gasteiger partial charge in [-0.15, -0.1) is 11.3 Å². The number of likely N-dealkylation sites (tertiary alicyclic amines) is 1. The monoisotopic (exact) mass is 371 g/mol. The molecule has 2 unspecified atom stereocenters. The molecule has 1 saturated heterocycles. The third kappa shape index (κ3) is 2.55. The molecule has 1 aliphatic carbocycles. The fourth-order valence-corrected chi connectivity index (χ4v) is 4.98. The highest BCUT2D eigenvalue weighted by molar-refractivity contribution is 7.12. The third-order valence-corrected chi connectivity index (χ3v) is 6.85. The third-order valence-electron chi connectivity index (χ3n) is 5.98. The van der Waals surface area contributed by atoms with Crippen LogP contribution < -0.4 is 5.32 Å². The Bertz CT molecular complexity index is 844. The predicted octanol–water partition coefficient (Wildman–Crippen LogP) is 1.84. The summed E-state index contributed by atoms with van der Waals surface area (Å²) in [7, 11) is 0. The molecule has 2 amide bonds. The molecule has 1 N–H and O–H groups in total. The van der Waals surface area contributed by atoms with Crippen LogP contribution in [0.5, 0.6) is 0 Å². The van der Waals surface area contributed by atoms with Crippen LogP contribution in [0, 0.1) is 11.3 Å². The Labute approximate surface area is 155 Å². The van der Waals surface area contributed by atoms with Crippen molar-refractivity contribution in [3.05, 3.63) is 34.5 Å². The molecule has 2 aliphatic heterocycles. The van der Waals surface area contributed by atoms with E-state index in [0.29, 0.717) is 11.4 Å². The molecule has 0 radical (unpaired) electrons. The molecule has 2 fully saturated rings. The average molecular weight is 371 g/mol. The van der Waals surface area contributed by atoms with Gasteiger partial charge < -0.3 is 10.2 Å². The minimum atomic E-state index is -0.217. The maximum Gasteiger partial charge on any atom is 0.261 e. The van der Waals surface area contributed by atoms with Gasteiger partial charge in [0.05, 0.1) is 10.9 Å². The molecule has 2 aromatic heterocycles.